The Labute approximate surface area is 91.3 Å². The van der Waals surface area contributed by atoms with Crippen LogP contribution in [-0.2, 0) is 0 Å². The maximum Gasteiger partial charge on any atom is 0.298 e. The molecule has 0 spiro atoms. The zero-order valence-corrected chi connectivity index (χ0v) is 9.21. The van der Waals surface area contributed by atoms with E-state index in [0.717, 1.165) is 0 Å². The highest BCUT2D eigenvalue weighted by atomic mass is 32.1. The van der Waals surface area contributed by atoms with E-state index in [-0.39, 0.29) is 5.75 Å². The summed E-state index contributed by atoms with van der Waals surface area (Å²) in [6.07, 6.45) is 0. The van der Waals surface area contributed by atoms with Gasteiger partial charge in [0.25, 0.3) is 5.19 Å². The van der Waals surface area contributed by atoms with Gasteiger partial charge in [-0.1, -0.05) is 6.07 Å². The van der Waals surface area contributed by atoms with E-state index in [2.05, 4.69) is 9.36 Å². The minimum absolute atomic E-state index is 0.216. The zero-order chi connectivity index (χ0) is 10.8. The summed E-state index contributed by atoms with van der Waals surface area (Å²) in [6.45, 7) is 3.59. The highest BCUT2D eigenvalue weighted by Gasteiger charge is 2.07. The van der Waals surface area contributed by atoms with Gasteiger partial charge in [0.05, 0.1) is 0 Å². The van der Waals surface area contributed by atoms with Crippen LogP contribution in [0.4, 0.5) is 0 Å². The topological polar surface area (TPSA) is 55.2 Å². The summed E-state index contributed by atoms with van der Waals surface area (Å²) in [5.74, 6) is 1.51. The Hall–Kier alpha value is -1.62. The Bertz CT molecular complexity index is 482. The van der Waals surface area contributed by atoms with Crippen molar-refractivity contribution in [2.45, 2.75) is 13.8 Å². The van der Waals surface area contributed by atoms with Crippen LogP contribution in [0.25, 0.3) is 0 Å². The van der Waals surface area contributed by atoms with E-state index in [1.165, 1.54) is 11.5 Å². The number of phenolic OH excluding ortho intramolecular Hbond substituents is 1. The van der Waals surface area contributed by atoms with E-state index in [0.29, 0.717) is 22.3 Å². The van der Waals surface area contributed by atoms with E-state index in [1.54, 1.807) is 32.0 Å². The molecule has 0 aliphatic heterocycles. The lowest BCUT2D eigenvalue weighted by Gasteiger charge is -2.05. The minimum Gasteiger partial charge on any atom is -0.508 e. The molecule has 0 saturated carbocycles. The van der Waals surface area contributed by atoms with Crippen LogP contribution in [-0.4, -0.2) is 14.5 Å². The highest BCUT2D eigenvalue weighted by molar-refractivity contribution is 7.07. The third-order valence-corrected chi connectivity index (χ3v) is 2.65. The first-order valence-corrected chi connectivity index (χ1v) is 5.21. The number of aromatic nitrogens is 2. The molecule has 1 aromatic carbocycles. The molecule has 1 heterocycles. The van der Waals surface area contributed by atoms with Crippen molar-refractivity contribution in [2.75, 3.05) is 0 Å². The molecule has 0 bridgehead atoms. The summed E-state index contributed by atoms with van der Waals surface area (Å²) >= 11 is 1.19. The van der Waals surface area contributed by atoms with Crippen molar-refractivity contribution in [1.29, 1.82) is 0 Å². The predicted octanol–water partition coefficient (Wildman–Crippen LogP) is 2.65. The van der Waals surface area contributed by atoms with E-state index in [4.69, 9.17) is 4.74 Å². The number of hydrogen-bond acceptors (Lipinski definition) is 5. The molecule has 0 unspecified atom stereocenters. The monoisotopic (exact) mass is 222 g/mol. The molecule has 1 N–H and O–H groups in total. The number of aromatic hydroxyl groups is 1. The molecule has 0 fully saturated rings. The second-order valence-corrected chi connectivity index (χ2v) is 3.82. The van der Waals surface area contributed by atoms with Crippen molar-refractivity contribution < 1.29 is 9.84 Å². The summed E-state index contributed by atoms with van der Waals surface area (Å²) in [5.41, 5.74) is 0.699. The second-order valence-electron chi connectivity index (χ2n) is 3.11. The summed E-state index contributed by atoms with van der Waals surface area (Å²) < 4.78 is 9.50. The summed E-state index contributed by atoms with van der Waals surface area (Å²) in [4.78, 5) is 4.08. The van der Waals surface area contributed by atoms with Gasteiger partial charge in [0, 0.05) is 17.1 Å². The van der Waals surface area contributed by atoms with Gasteiger partial charge in [-0.2, -0.15) is 9.36 Å². The number of benzene rings is 1. The van der Waals surface area contributed by atoms with Crippen LogP contribution in [0.5, 0.6) is 16.7 Å². The van der Waals surface area contributed by atoms with Crippen molar-refractivity contribution in [3.63, 3.8) is 0 Å². The molecule has 0 aliphatic rings. The van der Waals surface area contributed by atoms with Gasteiger partial charge in [0.2, 0.25) is 0 Å². The number of aryl methyl sites for hydroxylation is 1. The van der Waals surface area contributed by atoms with E-state index < -0.39 is 0 Å². The molecule has 4 nitrogen and oxygen atoms in total. The number of phenols is 1. The van der Waals surface area contributed by atoms with Crippen LogP contribution in [0.15, 0.2) is 18.2 Å². The Balaban J connectivity index is 2.28. The smallest absolute Gasteiger partial charge is 0.298 e. The molecule has 0 saturated heterocycles. The number of hydrogen-bond donors (Lipinski definition) is 1. The average Bonchev–Trinajstić information content (AvgIpc) is 2.59. The molecule has 15 heavy (non-hydrogen) atoms. The van der Waals surface area contributed by atoms with Gasteiger partial charge in [0.1, 0.15) is 17.3 Å². The summed E-state index contributed by atoms with van der Waals surface area (Å²) in [7, 11) is 0. The zero-order valence-electron chi connectivity index (χ0n) is 8.39. The molecule has 0 atom stereocenters. The Morgan fingerprint density at radius 1 is 1.33 bits per heavy atom. The largest absolute Gasteiger partial charge is 0.508 e. The number of nitrogens with zero attached hydrogens (tertiary/aromatic N) is 2. The molecule has 0 amide bonds. The highest BCUT2D eigenvalue weighted by Crippen LogP contribution is 2.30. The summed E-state index contributed by atoms with van der Waals surface area (Å²) in [6, 6.07) is 5.13. The predicted molar refractivity (Wildman–Crippen MR) is 57.6 cm³/mol. The standard InChI is InChI=1S/C10H10N2O2S/c1-6-8(13)4-3-5-9(6)14-10-11-7(2)12-15-10/h3-5,13H,1-2H3. The van der Waals surface area contributed by atoms with Crippen molar-refractivity contribution in [1.82, 2.24) is 9.36 Å². The van der Waals surface area contributed by atoms with E-state index in [9.17, 15) is 5.11 Å². The van der Waals surface area contributed by atoms with Crippen molar-refractivity contribution in [2.24, 2.45) is 0 Å². The fourth-order valence-electron chi connectivity index (χ4n) is 1.13. The Morgan fingerprint density at radius 2 is 2.13 bits per heavy atom. The van der Waals surface area contributed by atoms with Crippen molar-refractivity contribution in [3.8, 4) is 16.7 Å². The molecule has 2 aromatic rings. The van der Waals surface area contributed by atoms with Gasteiger partial charge >= 0.3 is 0 Å². The minimum atomic E-state index is 0.216. The molecule has 0 radical (unpaired) electrons. The van der Waals surface area contributed by atoms with Gasteiger partial charge in [-0.05, 0) is 26.0 Å². The van der Waals surface area contributed by atoms with Crippen molar-refractivity contribution in [3.05, 3.63) is 29.6 Å². The van der Waals surface area contributed by atoms with Gasteiger partial charge in [-0.25, -0.2) is 0 Å². The molecule has 0 aliphatic carbocycles. The van der Waals surface area contributed by atoms with Gasteiger partial charge in [0.15, 0.2) is 0 Å². The van der Waals surface area contributed by atoms with Crippen LogP contribution in [0, 0.1) is 13.8 Å². The van der Waals surface area contributed by atoms with Gasteiger partial charge in [-0.3, -0.25) is 0 Å². The Kier molecular flexibility index (Phi) is 2.55. The molecule has 2 rings (SSSR count). The average molecular weight is 222 g/mol. The van der Waals surface area contributed by atoms with Gasteiger partial charge < -0.3 is 9.84 Å². The summed E-state index contributed by atoms with van der Waals surface area (Å²) in [5, 5.41) is 9.96. The normalized spacial score (nSPS) is 10.3. The van der Waals surface area contributed by atoms with Crippen LogP contribution >= 0.6 is 11.5 Å². The van der Waals surface area contributed by atoms with Crippen LogP contribution < -0.4 is 4.74 Å². The SMILES string of the molecule is Cc1nsc(Oc2cccc(O)c2C)n1. The molecule has 5 heteroatoms. The second kappa shape index (κ2) is 3.86. The molecule has 78 valence electrons. The van der Waals surface area contributed by atoms with Crippen LogP contribution in [0.3, 0.4) is 0 Å². The lowest BCUT2D eigenvalue weighted by atomic mass is 10.2. The number of ether oxygens (including phenoxy) is 1. The van der Waals surface area contributed by atoms with Crippen LogP contribution in [0.1, 0.15) is 11.4 Å². The third-order valence-electron chi connectivity index (χ3n) is 1.96. The van der Waals surface area contributed by atoms with E-state index >= 15 is 0 Å². The quantitative estimate of drug-likeness (QED) is 0.848. The molecular formula is C10H10N2O2S. The van der Waals surface area contributed by atoms with Gasteiger partial charge in [-0.15, -0.1) is 0 Å². The Morgan fingerprint density at radius 3 is 2.80 bits per heavy atom. The first-order chi connectivity index (χ1) is 7.16. The number of rotatable bonds is 2. The first kappa shape index (κ1) is 9.92. The fourth-order valence-corrected chi connectivity index (χ4v) is 1.68. The third kappa shape index (κ3) is 2.07. The lowest BCUT2D eigenvalue weighted by molar-refractivity contribution is 0.446. The molecular weight excluding hydrogens is 212 g/mol. The van der Waals surface area contributed by atoms with Crippen molar-refractivity contribution >= 4 is 11.5 Å². The van der Waals surface area contributed by atoms with Crippen LogP contribution in [0.2, 0.25) is 0 Å². The molecule has 1 aromatic heterocycles. The van der Waals surface area contributed by atoms with E-state index in [1.807, 2.05) is 0 Å². The maximum atomic E-state index is 9.47. The lowest BCUT2D eigenvalue weighted by Crippen LogP contribution is -1.87. The fraction of sp³-hybridized carbons (Fsp3) is 0.200. The first-order valence-electron chi connectivity index (χ1n) is 4.43. The maximum absolute atomic E-state index is 9.47.